The molecule has 0 saturated carbocycles. The fraction of sp³-hybridized carbons (Fsp3) is 0.250. The number of aromatic nitrogens is 2. The van der Waals surface area contributed by atoms with Crippen molar-refractivity contribution in [3.05, 3.63) is 46.8 Å². The maximum Gasteiger partial charge on any atom is 0.416 e. The molecule has 0 radical (unpaired) electrons. The molecule has 2 aromatic rings. The van der Waals surface area contributed by atoms with Gasteiger partial charge in [-0.25, -0.2) is 4.98 Å². The van der Waals surface area contributed by atoms with Crippen molar-refractivity contribution in [2.24, 2.45) is 0 Å². The number of nitrogens with two attached hydrogens (primary N) is 1. The van der Waals surface area contributed by atoms with Gasteiger partial charge in [-0.15, -0.1) is 0 Å². The average Bonchev–Trinajstić information content (AvgIpc) is 2.56. The van der Waals surface area contributed by atoms with Crippen LogP contribution in [-0.4, -0.2) is 9.97 Å². The zero-order valence-electron chi connectivity index (χ0n) is 9.67. The largest absolute Gasteiger partial charge is 0.416 e. The highest BCUT2D eigenvalue weighted by Crippen LogP contribution is 2.30. The van der Waals surface area contributed by atoms with Gasteiger partial charge < -0.3 is 10.7 Å². The van der Waals surface area contributed by atoms with E-state index in [0.29, 0.717) is 17.7 Å². The van der Waals surface area contributed by atoms with Gasteiger partial charge in [0.2, 0.25) is 0 Å². The predicted molar refractivity (Wildman–Crippen MR) is 62.0 cm³/mol. The maximum atomic E-state index is 12.5. The van der Waals surface area contributed by atoms with Gasteiger partial charge in [0.15, 0.2) is 5.95 Å². The van der Waals surface area contributed by atoms with Gasteiger partial charge >= 0.3 is 6.18 Å². The van der Waals surface area contributed by atoms with Crippen LogP contribution in [0.25, 0.3) is 0 Å². The molecule has 6 heteroatoms. The summed E-state index contributed by atoms with van der Waals surface area (Å²) < 4.78 is 37.6. The number of rotatable bonds is 2. The molecule has 0 spiro atoms. The summed E-state index contributed by atoms with van der Waals surface area (Å²) in [5.74, 6) is 0.273. The molecule has 0 unspecified atom stereocenters. The Kier molecular flexibility index (Phi) is 3.02. The first-order chi connectivity index (χ1) is 8.36. The number of imidazole rings is 1. The van der Waals surface area contributed by atoms with E-state index in [4.69, 9.17) is 5.73 Å². The molecule has 1 aromatic heterocycles. The number of nitrogens with one attached hydrogen (secondary N) is 1. The number of aryl methyl sites for hydroxylation is 1. The topological polar surface area (TPSA) is 54.7 Å². The van der Waals surface area contributed by atoms with Gasteiger partial charge in [0.05, 0.1) is 11.3 Å². The van der Waals surface area contributed by atoms with Crippen molar-refractivity contribution < 1.29 is 13.2 Å². The lowest BCUT2D eigenvalue weighted by atomic mass is 10.1. The molecular weight excluding hydrogens is 243 g/mol. The standard InChI is InChI=1S/C12H12F3N3/c1-7-10(18-11(16)17-7)6-8-3-2-4-9(5-8)12(13,14)15/h2-5H,6H2,1H3,(H3,16,17,18). The van der Waals surface area contributed by atoms with Gasteiger partial charge in [0.1, 0.15) is 0 Å². The fourth-order valence-electron chi connectivity index (χ4n) is 1.74. The van der Waals surface area contributed by atoms with Crippen LogP contribution in [0.15, 0.2) is 24.3 Å². The lowest BCUT2D eigenvalue weighted by Crippen LogP contribution is -2.05. The van der Waals surface area contributed by atoms with E-state index in [9.17, 15) is 13.2 Å². The molecule has 0 bridgehead atoms. The second-order valence-corrected chi connectivity index (χ2v) is 4.07. The number of nitrogen functional groups attached to an aromatic ring is 1. The lowest BCUT2D eigenvalue weighted by Gasteiger charge is -2.08. The third-order valence-corrected chi connectivity index (χ3v) is 2.63. The fourth-order valence-corrected chi connectivity index (χ4v) is 1.74. The number of hydrogen-bond donors (Lipinski definition) is 2. The van der Waals surface area contributed by atoms with Gasteiger partial charge in [-0.05, 0) is 18.6 Å². The molecule has 0 atom stereocenters. The first-order valence-electron chi connectivity index (χ1n) is 5.33. The summed E-state index contributed by atoms with van der Waals surface area (Å²) in [6.07, 6.45) is -4.00. The van der Waals surface area contributed by atoms with Crippen LogP contribution in [0.5, 0.6) is 0 Å². The van der Waals surface area contributed by atoms with Crippen LogP contribution in [-0.2, 0) is 12.6 Å². The third kappa shape index (κ3) is 2.64. The van der Waals surface area contributed by atoms with E-state index in [1.807, 2.05) is 0 Å². The van der Waals surface area contributed by atoms with Crippen LogP contribution in [0, 0.1) is 6.92 Å². The number of H-pyrrole nitrogens is 1. The molecule has 2 rings (SSSR count). The second kappa shape index (κ2) is 4.36. The van der Waals surface area contributed by atoms with Crippen molar-refractivity contribution in [2.45, 2.75) is 19.5 Å². The molecule has 0 saturated heterocycles. The first kappa shape index (κ1) is 12.5. The highest BCUT2D eigenvalue weighted by molar-refractivity contribution is 5.32. The van der Waals surface area contributed by atoms with E-state index >= 15 is 0 Å². The van der Waals surface area contributed by atoms with E-state index < -0.39 is 11.7 Å². The minimum Gasteiger partial charge on any atom is -0.369 e. The number of benzene rings is 1. The summed E-state index contributed by atoms with van der Waals surface area (Å²) in [4.78, 5) is 6.86. The Morgan fingerprint density at radius 2 is 2.06 bits per heavy atom. The molecular formula is C12H12F3N3. The summed E-state index contributed by atoms with van der Waals surface area (Å²) in [5.41, 5.74) is 6.82. The Bertz CT molecular complexity index is 558. The highest BCUT2D eigenvalue weighted by atomic mass is 19.4. The molecule has 0 aliphatic heterocycles. The molecule has 0 fully saturated rings. The molecule has 3 N–H and O–H groups in total. The summed E-state index contributed by atoms with van der Waals surface area (Å²) in [6, 6.07) is 5.21. The van der Waals surface area contributed by atoms with Crippen molar-refractivity contribution in [1.29, 1.82) is 0 Å². The molecule has 1 heterocycles. The Morgan fingerprint density at radius 1 is 1.33 bits per heavy atom. The third-order valence-electron chi connectivity index (χ3n) is 2.63. The van der Waals surface area contributed by atoms with Crippen molar-refractivity contribution in [3.63, 3.8) is 0 Å². The van der Waals surface area contributed by atoms with E-state index in [1.54, 1.807) is 13.0 Å². The smallest absolute Gasteiger partial charge is 0.369 e. The Morgan fingerprint density at radius 3 is 2.61 bits per heavy atom. The minimum atomic E-state index is -4.32. The Balaban J connectivity index is 2.27. The summed E-state index contributed by atoms with van der Waals surface area (Å²) in [7, 11) is 0. The SMILES string of the molecule is Cc1[nH]c(N)nc1Cc1cccc(C(F)(F)F)c1. The predicted octanol–water partition coefficient (Wildman–Crippen LogP) is 2.91. The quantitative estimate of drug-likeness (QED) is 0.866. The number of alkyl halides is 3. The zero-order chi connectivity index (χ0) is 13.3. The molecule has 0 amide bonds. The molecule has 3 nitrogen and oxygen atoms in total. The number of nitrogens with zero attached hydrogens (tertiary/aromatic N) is 1. The molecule has 96 valence electrons. The van der Waals surface area contributed by atoms with E-state index in [0.717, 1.165) is 17.8 Å². The highest BCUT2D eigenvalue weighted by Gasteiger charge is 2.30. The van der Waals surface area contributed by atoms with Gasteiger partial charge in [0, 0.05) is 12.1 Å². The Hall–Kier alpha value is -1.98. The second-order valence-electron chi connectivity index (χ2n) is 4.07. The summed E-state index contributed by atoms with van der Waals surface area (Å²) in [5, 5.41) is 0. The van der Waals surface area contributed by atoms with E-state index in [-0.39, 0.29) is 5.95 Å². The van der Waals surface area contributed by atoms with Crippen LogP contribution in [0.2, 0.25) is 0 Å². The van der Waals surface area contributed by atoms with Crippen LogP contribution in [0.1, 0.15) is 22.5 Å². The monoisotopic (exact) mass is 255 g/mol. The number of aromatic amines is 1. The summed E-state index contributed by atoms with van der Waals surface area (Å²) >= 11 is 0. The number of anilines is 1. The van der Waals surface area contributed by atoms with E-state index in [1.165, 1.54) is 6.07 Å². The van der Waals surface area contributed by atoms with E-state index in [2.05, 4.69) is 9.97 Å². The zero-order valence-corrected chi connectivity index (χ0v) is 9.67. The first-order valence-corrected chi connectivity index (χ1v) is 5.33. The maximum absolute atomic E-state index is 12.5. The molecule has 1 aromatic carbocycles. The number of hydrogen-bond acceptors (Lipinski definition) is 2. The molecule has 0 aliphatic rings. The van der Waals surface area contributed by atoms with Crippen molar-refractivity contribution in [1.82, 2.24) is 9.97 Å². The average molecular weight is 255 g/mol. The van der Waals surface area contributed by atoms with Gasteiger partial charge in [-0.3, -0.25) is 0 Å². The summed E-state index contributed by atoms with van der Waals surface area (Å²) in [6.45, 7) is 1.78. The lowest BCUT2D eigenvalue weighted by molar-refractivity contribution is -0.137. The van der Waals surface area contributed by atoms with Gasteiger partial charge in [0.25, 0.3) is 0 Å². The van der Waals surface area contributed by atoms with Crippen LogP contribution >= 0.6 is 0 Å². The molecule has 0 aliphatic carbocycles. The van der Waals surface area contributed by atoms with Crippen molar-refractivity contribution in [2.75, 3.05) is 5.73 Å². The van der Waals surface area contributed by atoms with Crippen LogP contribution in [0.4, 0.5) is 19.1 Å². The van der Waals surface area contributed by atoms with Crippen LogP contribution < -0.4 is 5.73 Å². The normalized spacial score (nSPS) is 11.8. The van der Waals surface area contributed by atoms with Crippen molar-refractivity contribution in [3.8, 4) is 0 Å². The number of halogens is 3. The Labute approximate surface area is 102 Å². The van der Waals surface area contributed by atoms with Crippen molar-refractivity contribution >= 4 is 5.95 Å². The van der Waals surface area contributed by atoms with Gasteiger partial charge in [-0.2, -0.15) is 13.2 Å². The molecule has 18 heavy (non-hydrogen) atoms. The minimum absolute atomic E-state index is 0.273. The van der Waals surface area contributed by atoms with Gasteiger partial charge in [-0.1, -0.05) is 18.2 Å². The van der Waals surface area contributed by atoms with Crippen LogP contribution in [0.3, 0.4) is 0 Å².